The van der Waals surface area contributed by atoms with E-state index in [4.69, 9.17) is 16.3 Å². The lowest BCUT2D eigenvalue weighted by Crippen LogP contribution is -2.19. The molecule has 0 spiro atoms. The smallest absolute Gasteiger partial charge is 0.138 e. The second kappa shape index (κ2) is 7.14. The van der Waals surface area contributed by atoms with Gasteiger partial charge in [-0.1, -0.05) is 33.6 Å². The molecule has 0 aliphatic heterocycles. The molecule has 0 amide bonds. The summed E-state index contributed by atoms with van der Waals surface area (Å²) >= 11 is 13.3. The fraction of sp³-hybridized carbons (Fsp3) is 0.250. The van der Waals surface area contributed by atoms with Crippen LogP contribution in [-0.4, -0.2) is 14.2 Å². The van der Waals surface area contributed by atoms with E-state index in [0.717, 1.165) is 25.8 Å². The molecular formula is C16H16Br2ClNO. The molecule has 0 fully saturated rings. The summed E-state index contributed by atoms with van der Waals surface area (Å²) in [6, 6.07) is 10.1. The van der Waals surface area contributed by atoms with E-state index in [1.54, 1.807) is 7.11 Å². The minimum absolute atomic E-state index is 0.00819. The molecule has 0 aliphatic carbocycles. The van der Waals surface area contributed by atoms with Gasteiger partial charge in [0.15, 0.2) is 0 Å². The Hall–Kier alpha value is -0.550. The van der Waals surface area contributed by atoms with Gasteiger partial charge in [-0.05, 0) is 65.3 Å². The molecule has 2 aromatic rings. The van der Waals surface area contributed by atoms with Crippen LogP contribution in [0.4, 0.5) is 0 Å². The first-order valence-corrected chi connectivity index (χ1v) is 8.40. The van der Waals surface area contributed by atoms with Gasteiger partial charge in [0.2, 0.25) is 0 Å². The standard InChI is InChI=1S/C16H16Br2ClNO/c1-9-4-10(6-11(17)5-9)15(20-2)13-7-12(19)8-14(18)16(13)21-3/h4-8,15,20H,1-3H3. The minimum atomic E-state index is -0.00819. The van der Waals surface area contributed by atoms with E-state index >= 15 is 0 Å². The summed E-state index contributed by atoms with van der Waals surface area (Å²) in [7, 11) is 3.59. The number of aryl methyl sites for hydroxylation is 1. The predicted octanol–water partition coefficient (Wildman–Crippen LogP) is 5.49. The number of ether oxygens (including phenoxy) is 1. The highest BCUT2D eigenvalue weighted by Crippen LogP contribution is 2.38. The molecule has 0 radical (unpaired) electrons. The SMILES string of the molecule is CNC(c1cc(C)cc(Br)c1)c1cc(Cl)cc(Br)c1OC. The fourth-order valence-corrected chi connectivity index (χ4v) is 4.06. The molecule has 1 N–H and O–H groups in total. The first-order chi connectivity index (χ1) is 9.96. The molecule has 2 aromatic carbocycles. The fourth-order valence-electron chi connectivity index (χ4n) is 2.44. The lowest BCUT2D eigenvalue weighted by atomic mass is 9.96. The number of hydrogen-bond acceptors (Lipinski definition) is 2. The van der Waals surface area contributed by atoms with E-state index in [9.17, 15) is 0 Å². The van der Waals surface area contributed by atoms with Crippen molar-refractivity contribution in [2.45, 2.75) is 13.0 Å². The zero-order valence-corrected chi connectivity index (χ0v) is 15.9. The van der Waals surface area contributed by atoms with Gasteiger partial charge in [0, 0.05) is 15.1 Å². The van der Waals surface area contributed by atoms with Crippen molar-refractivity contribution in [3.63, 3.8) is 0 Å². The van der Waals surface area contributed by atoms with Crippen molar-refractivity contribution in [1.29, 1.82) is 0 Å². The Balaban J connectivity index is 2.61. The summed E-state index contributed by atoms with van der Waals surface area (Å²) < 4.78 is 7.44. The molecule has 1 atom stereocenters. The lowest BCUT2D eigenvalue weighted by Gasteiger charge is -2.22. The average molecular weight is 434 g/mol. The van der Waals surface area contributed by atoms with Gasteiger partial charge < -0.3 is 10.1 Å². The van der Waals surface area contributed by atoms with Crippen LogP contribution in [0.25, 0.3) is 0 Å². The number of nitrogens with one attached hydrogen (secondary N) is 1. The molecule has 21 heavy (non-hydrogen) atoms. The maximum absolute atomic E-state index is 6.21. The molecule has 0 heterocycles. The Morgan fingerprint density at radius 2 is 1.86 bits per heavy atom. The minimum Gasteiger partial charge on any atom is -0.495 e. The first kappa shape index (κ1) is 16.8. The van der Waals surface area contributed by atoms with E-state index in [2.05, 4.69) is 62.3 Å². The van der Waals surface area contributed by atoms with Crippen LogP contribution < -0.4 is 10.1 Å². The monoisotopic (exact) mass is 431 g/mol. The molecule has 0 aliphatic rings. The molecule has 5 heteroatoms. The third kappa shape index (κ3) is 3.81. The van der Waals surface area contributed by atoms with Crippen molar-refractivity contribution in [3.8, 4) is 5.75 Å². The third-order valence-electron chi connectivity index (χ3n) is 3.24. The largest absolute Gasteiger partial charge is 0.495 e. The summed E-state index contributed by atoms with van der Waals surface area (Å²) in [6.07, 6.45) is 0. The van der Waals surface area contributed by atoms with Crippen molar-refractivity contribution in [2.24, 2.45) is 0 Å². The Labute approximate surface area is 147 Å². The number of halogens is 3. The van der Waals surface area contributed by atoms with Gasteiger partial charge in [-0.2, -0.15) is 0 Å². The third-order valence-corrected chi connectivity index (χ3v) is 4.50. The van der Waals surface area contributed by atoms with Crippen LogP contribution in [0.1, 0.15) is 22.7 Å². The topological polar surface area (TPSA) is 21.3 Å². The molecule has 0 saturated carbocycles. The van der Waals surface area contributed by atoms with Crippen molar-refractivity contribution in [1.82, 2.24) is 5.32 Å². The molecule has 0 bridgehead atoms. The number of hydrogen-bond donors (Lipinski definition) is 1. The zero-order valence-electron chi connectivity index (χ0n) is 12.0. The van der Waals surface area contributed by atoms with E-state index in [-0.39, 0.29) is 6.04 Å². The van der Waals surface area contributed by atoms with Gasteiger partial charge in [0.05, 0.1) is 17.6 Å². The van der Waals surface area contributed by atoms with Gasteiger partial charge in [-0.3, -0.25) is 0 Å². The molecule has 0 aromatic heterocycles. The van der Waals surface area contributed by atoms with Crippen molar-refractivity contribution >= 4 is 43.5 Å². The zero-order chi connectivity index (χ0) is 15.6. The maximum Gasteiger partial charge on any atom is 0.138 e. The second-order valence-electron chi connectivity index (χ2n) is 4.79. The maximum atomic E-state index is 6.21. The van der Waals surface area contributed by atoms with E-state index in [1.165, 1.54) is 5.56 Å². The quantitative estimate of drug-likeness (QED) is 0.688. The Kier molecular flexibility index (Phi) is 5.72. The molecule has 0 saturated heterocycles. The van der Waals surface area contributed by atoms with Crippen LogP contribution in [0.5, 0.6) is 5.75 Å². The van der Waals surface area contributed by atoms with Crippen LogP contribution >= 0.6 is 43.5 Å². The van der Waals surface area contributed by atoms with Crippen LogP contribution in [0.3, 0.4) is 0 Å². The Morgan fingerprint density at radius 3 is 2.43 bits per heavy atom. The van der Waals surface area contributed by atoms with Gasteiger partial charge in [-0.15, -0.1) is 0 Å². The summed E-state index contributed by atoms with van der Waals surface area (Å²) in [4.78, 5) is 0. The van der Waals surface area contributed by atoms with E-state index in [1.807, 2.05) is 19.2 Å². The summed E-state index contributed by atoms with van der Waals surface area (Å²) in [6.45, 7) is 2.08. The normalized spacial score (nSPS) is 12.3. The van der Waals surface area contributed by atoms with Gasteiger partial charge in [0.1, 0.15) is 5.75 Å². The van der Waals surface area contributed by atoms with Crippen LogP contribution in [0.2, 0.25) is 5.02 Å². The number of methoxy groups -OCH3 is 1. The highest BCUT2D eigenvalue weighted by atomic mass is 79.9. The average Bonchev–Trinajstić information content (AvgIpc) is 2.38. The van der Waals surface area contributed by atoms with Gasteiger partial charge >= 0.3 is 0 Å². The Morgan fingerprint density at radius 1 is 1.14 bits per heavy atom. The number of rotatable bonds is 4. The summed E-state index contributed by atoms with van der Waals surface area (Å²) in [5.41, 5.74) is 3.34. The first-order valence-electron chi connectivity index (χ1n) is 6.43. The van der Waals surface area contributed by atoms with Crippen LogP contribution in [0.15, 0.2) is 39.3 Å². The highest BCUT2D eigenvalue weighted by molar-refractivity contribution is 9.10. The van der Waals surface area contributed by atoms with Gasteiger partial charge in [-0.25, -0.2) is 0 Å². The van der Waals surface area contributed by atoms with Crippen molar-refractivity contribution in [3.05, 3.63) is 61.0 Å². The van der Waals surface area contributed by atoms with E-state index in [0.29, 0.717) is 5.02 Å². The summed E-state index contributed by atoms with van der Waals surface area (Å²) in [5.74, 6) is 0.788. The van der Waals surface area contributed by atoms with Crippen LogP contribution in [0, 0.1) is 6.92 Å². The number of benzene rings is 2. The molecule has 2 rings (SSSR count). The van der Waals surface area contributed by atoms with Crippen molar-refractivity contribution < 1.29 is 4.74 Å². The summed E-state index contributed by atoms with van der Waals surface area (Å²) in [5, 5.41) is 4.01. The molecule has 112 valence electrons. The predicted molar refractivity (Wildman–Crippen MR) is 95.5 cm³/mol. The molecule has 1 unspecified atom stereocenters. The van der Waals surface area contributed by atoms with Crippen LogP contribution in [-0.2, 0) is 0 Å². The molecular weight excluding hydrogens is 417 g/mol. The highest BCUT2D eigenvalue weighted by Gasteiger charge is 2.20. The Bertz CT molecular complexity index is 641. The van der Waals surface area contributed by atoms with E-state index < -0.39 is 0 Å². The van der Waals surface area contributed by atoms with Gasteiger partial charge in [0.25, 0.3) is 0 Å². The second-order valence-corrected chi connectivity index (χ2v) is 7.00. The molecule has 2 nitrogen and oxygen atoms in total. The van der Waals surface area contributed by atoms with Crippen molar-refractivity contribution in [2.75, 3.05) is 14.2 Å². The lowest BCUT2D eigenvalue weighted by molar-refractivity contribution is 0.402.